The Balaban J connectivity index is 0.000000722. The maximum Gasteiger partial charge on any atom is 0.122 e. The van der Waals surface area contributed by atoms with E-state index in [4.69, 9.17) is 4.74 Å². The largest absolute Gasteiger partial charge is 0.490 e. The van der Waals surface area contributed by atoms with Gasteiger partial charge in [-0.2, -0.15) is 0 Å². The normalized spacial score (nSPS) is 30.0. The summed E-state index contributed by atoms with van der Waals surface area (Å²) in [6.45, 7) is 0. The van der Waals surface area contributed by atoms with Crippen LogP contribution in [0.25, 0.3) is 0 Å². The molecule has 2 bridgehead atoms. The molecule has 0 amide bonds. The monoisotopic (exact) mass is 276 g/mol. The van der Waals surface area contributed by atoms with Crippen molar-refractivity contribution in [1.82, 2.24) is 10.3 Å². The van der Waals surface area contributed by atoms with Crippen LogP contribution in [0.4, 0.5) is 0 Å². The van der Waals surface area contributed by atoms with Gasteiger partial charge in [-0.05, 0) is 37.8 Å². The summed E-state index contributed by atoms with van der Waals surface area (Å²) in [5.41, 5.74) is 0. The van der Waals surface area contributed by atoms with E-state index >= 15 is 0 Å². The standard InChI is InChI=1S/C12H16N2O.2ClH/c1-2-10-8-12(7-9(1)14-10)15-11-3-5-13-6-4-11;;/h3-6,9-10,12,14H,1-2,7-8H2;2*1H/t9-,10+,12+;;. The van der Waals surface area contributed by atoms with Crippen molar-refractivity contribution in [3.8, 4) is 5.75 Å². The van der Waals surface area contributed by atoms with Gasteiger partial charge in [0.2, 0.25) is 0 Å². The lowest BCUT2D eigenvalue weighted by Crippen LogP contribution is -2.42. The van der Waals surface area contributed by atoms with Crippen LogP contribution in [0.5, 0.6) is 5.75 Å². The molecule has 96 valence electrons. The smallest absolute Gasteiger partial charge is 0.122 e. The van der Waals surface area contributed by atoms with E-state index in [9.17, 15) is 0 Å². The van der Waals surface area contributed by atoms with E-state index in [0.717, 1.165) is 18.6 Å². The molecule has 1 aromatic heterocycles. The van der Waals surface area contributed by atoms with Crippen molar-refractivity contribution in [2.45, 2.75) is 43.9 Å². The van der Waals surface area contributed by atoms with Crippen molar-refractivity contribution < 1.29 is 4.74 Å². The van der Waals surface area contributed by atoms with Gasteiger partial charge >= 0.3 is 0 Å². The zero-order chi connectivity index (χ0) is 10.1. The van der Waals surface area contributed by atoms with Crippen LogP contribution in [0, 0.1) is 0 Å². The fourth-order valence-electron chi connectivity index (χ4n) is 2.71. The van der Waals surface area contributed by atoms with Crippen molar-refractivity contribution in [1.29, 1.82) is 0 Å². The third-order valence-electron chi connectivity index (χ3n) is 3.38. The van der Waals surface area contributed by atoms with Crippen LogP contribution in [0.2, 0.25) is 0 Å². The van der Waals surface area contributed by atoms with Crippen LogP contribution < -0.4 is 10.1 Å². The van der Waals surface area contributed by atoms with Gasteiger partial charge in [0.25, 0.3) is 0 Å². The van der Waals surface area contributed by atoms with Crippen LogP contribution in [0.15, 0.2) is 24.5 Å². The Kier molecular flexibility index (Phi) is 5.50. The van der Waals surface area contributed by atoms with Crippen molar-refractivity contribution in [3.05, 3.63) is 24.5 Å². The minimum absolute atomic E-state index is 0. The molecule has 3 rings (SSSR count). The quantitative estimate of drug-likeness (QED) is 0.902. The third-order valence-corrected chi connectivity index (χ3v) is 3.38. The van der Waals surface area contributed by atoms with Crippen molar-refractivity contribution in [3.63, 3.8) is 0 Å². The zero-order valence-electron chi connectivity index (χ0n) is 9.54. The number of hydrogen-bond acceptors (Lipinski definition) is 3. The highest BCUT2D eigenvalue weighted by Gasteiger charge is 2.34. The summed E-state index contributed by atoms with van der Waals surface area (Å²) in [6, 6.07) is 5.25. The number of rotatable bonds is 2. The Hall–Kier alpha value is -0.510. The Morgan fingerprint density at radius 3 is 2.24 bits per heavy atom. The van der Waals surface area contributed by atoms with Gasteiger partial charge in [0.1, 0.15) is 11.9 Å². The predicted molar refractivity (Wildman–Crippen MR) is 72.3 cm³/mol. The molecule has 2 saturated heterocycles. The average molecular weight is 277 g/mol. The van der Waals surface area contributed by atoms with Gasteiger partial charge in [-0.25, -0.2) is 0 Å². The molecule has 0 spiro atoms. The molecule has 0 radical (unpaired) electrons. The number of pyridine rings is 1. The minimum atomic E-state index is 0. The van der Waals surface area contributed by atoms with Gasteiger partial charge in [-0.1, -0.05) is 0 Å². The maximum absolute atomic E-state index is 5.96. The molecule has 3 heterocycles. The molecular formula is C12H18Cl2N2O. The molecule has 0 aromatic carbocycles. The molecule has 2 aliphatic rings. The summed E-state index contributed by atoms with van der Waals surface area (Å²) in [4.78, 5) is 3.99. The summed E-state index contributed by atoms with van der Waals surface area (Å²) in [7, 11) is 0. The second-order valence-electron chi connectivity index (χ2n) is 4.53. The highest BCUT2D eigenvalue weighted by atomic mass is 35.5. The first-order valence-electron chi connectivity index (χ1n) is 5.73. The molecule has 0 saturated carbocycles. The van der Waals surface area contributed by atoms with E-state index in [2.05, 4.69) is 10.3 Å². The lowest BCUT2D eigenvalue weighted by molar-refractivity contribution is 0.137. The molecule has 1 aromatic rings. The molecule has 0 unspecified atom stereocenters. The summed E-state index contributed by atoms with van der Waals surface area (Å²) in [5.74, 6) is 0.955. The topological polar surface area (TPSA) is 34.1 Å². The number of fused-ring (bicyclic) bond motifs is 2. The highest BCUT2D eigenvalue weighted by molar-refractivity contribution is 5.85. The minimum Gasteiger partial charge on any atom is -0.490 e. The van der Waals surface area contributed by atoms with E-state index in [1.807, 2.05) is 12.1 Å². The fourth-order valence-corrected chi connectivity index (χ4v) is 2.71. The number of hydrogen-bond donors (Lipinski definition) is 1. The van der Waals surface area contributed by atoms with Gasteiger partial charge < -0.3 is 10.1 Å². The highest BCUT2D eigenvalue weighted by Crippen LogP contribution is 2.29. The van der Waals surface area contributed by atoms with Crippen LogP contribution >= 0.6 is 24.8 Å². The zero-order valence-corrected chi connectivity index (χ0v) is 11.2. The van der Waals surface area contributed by atoms with E-state index in [1.165, 1.54) is 12.8 Å². The summed E-state index contributed by atoms with van der Waals surface area (Å²) < 4.78 is 5.96. The van der Waals surface area contributed by atoms with Gasteiger partial charge in [0.05, 0.1) is 0 Å². The van der Waals surface area contributed by atoms with Crippen LogP contribution in [-0.2, 0) is 0 Å². The first kappa shape index (κ1) is 14.6. The first-order valence-corrected chi connectivity index (χ1v) is 5.73. The number of piperidine rings is 1. The lowest BCUT2D eigenvalue weighted by atomic mass is 10.0. The number of aromatic nitrogens is 1. The molecule has 3 atom stereocenters. The van der Waals surface area contributed by atoms with Crippen LogP contribution in [0.3, 0.4) is 0 Å². The number of halogens is 2. The van der Waals surface area contributed by atoms with E-state index in [1.54, 1.807) is 12.4 Å². The molecule has 0 aliphatic carbocycles. The SMILES string of the molecule is Cl.Cl.c1cc(O[C@H]2C[C@H]3CC[C@@H](C2)N3)ccn1. The second-order valence-corrected chi connectivity index (χ2v) is 4.53. The van der Waals surface area contributed by atoms with Gasteiger partial charge in [0, 0.05) is 24.5 Å². The van der Waals surface area contributed by atoms with Crippen molar-refractivity contribution in [2.24, 2.45) is 0 Å². The Morgan fingerprint density at radius 1 is 1.06 bits per heavy atom. The van der Waals surface area contributed by atoms with Crippen LogP contribution in [-0.4, -0.2) is 23.2 Å². The molecule has 5 heteroatoms. The number of nitrogens with zero attached hydrogens (tertiary/aromatic N) is 1. The number of ether oxygens (including phenoxy) is 1. The number of nitrogens with one attached hydrogen (secondary N) is 1. The molecule has 17 heavy (non-hydrogen) atoms. The van der Waals surface area contributed by atoms with Gasteiger partial charge in [-0.15, -0.1) is 24.8 Å². The summed E-state index contributed by atoms with van der Waals surface area (Å²) in [6.07, 6.45) is 8.90. The van der Waals surface area contributed by atoms with E-state index in [0.29, 0.717) is 18.2 Å². The molecular weight excluding hydrogens is 259 g/mol. The Labute approximate surface area is 114 Å². The molecule has 2 fully saturated rings. The molecule has 1 N–H and O–H groups in total. The summed E-state index contributed by atoms with van der Waals surface area (Å²) >= 11 is 0. The van der Waals surface area contributed by atoms with Crippen molar-refractivity contribution in [2.75, 3.05) is 0 Å². The average Bonchev–Trinajstić information content (AvgIpc) is 2.60. The maximum atomic E-state index is 5.96. The summed E-state index contributed by atoms with van der Waals surface area (Å²) in [5, 5.41) is 3.61. The first-order chi connectivity index (χ1) is 7.40. The van der Waals surface area contributed by atoms with Gasteiger partial charge in [-0.3, -0.25) is 4.98 Å². The third kappa shape index (κ3) is 3.47. The Morgan fingerprint density at radius 2 is 1.65 bits per heavy atom. The lowest BCUT2D eigenvalue weighted by Gasteiger charge is -2.29. The van der Waals surface area contributed by atoms with Gasteiger partial charge in [0.15, 0.2) is 0 Å². The fraction of sp³-hybridized carbons (Fsp3) is 0.583. The van der Waals surface area contributed by atoms with Crippen molar-refractivity contribution >= 4 is 24.8 Å². The van der Waals surface area contributed by atoms with E-state index in [-0.39, 0.29) is 24.8 Å². The van der Waals surface area contributed by atoms with Crippen LogP contribution in [0.1, 0.15) is 25.7 Å². The van der Waals surface area contributed by atoms with E-state index < -0.39 is 0 Å². The Bertz CT molecular complexity index is 325. The molecule has 2 aliphatic heterocycles. The predicted octanol–water partition coefficient (Wildman–Crippen LogP) is 2.59. The second kappa shape index (κ2) is 6.43. The molecule has 3 nitrogen and oxygen atoms in total.